The number of likely N-dealkylation sites (N-methyl/N-ethyl adjacent to an activating group) is 1. The second-order valence-corrected chi connectivity index (χ2v) is 5.54. The molecule has 1 aliphatic heterocycles. The average Bonchev–Trinajstić information content (AvgIpc) is 2.91. The molecule has 0 aliphatic carbocycles. The molecule has 110 valence electrons. The molecule has 21 heavy (non-hydrogen) atoms. The number of fused-ring (bicyclic) bond motifs is 1. The fourth-order valence-corrected chi connectivity index (χ4v) is 2.81. The van der Waals surface area contributed by atoms with Crippen molar-refractivity contribution in [3.05, 3.63) is 36.0 Å². The Morgan fingerprint density at radius 1 is 1.38 bits per heavy atom. The summed E-state index contributed by atoms with van der Waals surface area (Å²) in [4.78, 5) is 19.1. The molecule has 2 aromatic rings. The van der Waals surface area contributed by atoms with Gasteiger partial charge in [-0.2, -0.15) is 0 Å². The summed E-state index contributed by atoms with van der Waals surface area (Å²) in [5.41, 5.74) is 2.22. The van der Waals surface area contributed by atoms with E-state index in [1.165, 1.54) is 0 Å². The van der Waals surface area contributed by atoms with Gasteiger partial charge in [0.05, 0.1) is 5.52 Å². The van der Waals surface area contributed by atoms with Gasteiger partial charge in [0.25, 0.3) is 5.91 Å². The number of anilines is 1. The van der Waals surface area contributed by atoms with Crippen molar-refractivity contribution >= 4 is 22.5 Å². The van der Waals surface area contributed by atoms with E-state index in [9.17, 15) is 4.79 Å². The molecule has 0 radical (unpaired) electrons. The van der Waals surface area contributed by atoms with Gasteiger partial charge in [-0.25, -0.2) is 4.98 Å². The molecule has 2 heterocycles. The van der Waals surface area contributed by atoms with E-state index in [1.54, 1.807) is 0 Å². The Kier molecular flexibility index (Phi) is 3.75. The number of carbonyl (C=O) groups excluding carboxylic acids is 1. The number of hydrogen-bond acceptors (Lipinski definition) is 4. The maximum atomic E-state index is 12.4. The van der Waals surface area contributed by atoms with Crippen LogP contribution in [0.1, 0.15) is 16.9 Å². The third kappa shape index (κ3) is 2.83. The summed E-state index contributed by atoms with van der Waals surface area (Å²) in [6.07, 6.45) is 0.995. The molecule has 1 unspecified atom stereocenters. The summed E-state index contributed by atoms with van der Waals surface area (Å²) < 4.78 is 0. The minimum atomic E-state index is -0.0995. The SMILES string of the molecule is CNc1cc(C(=O)NC2CCN(C)C2)nc2ccccc12. The second kappa shape index (κ2) is 5.69. The van der Waals surface area contributed by atoms with E-state index in [-0.39, 0.29) is 11.9 Å². The molecule has 1 amide bonds. The van der Waals surface area contributed by atoms with E-state index >= 15 is 0 Å². The lowest BCUT2D eigenvalue weighted by Gasteiger charge is -2.14. The zero-order valence-electron chi connectivity index (χ0n) is 12.4. The molecule has 1 aromatic heterocycles. The molecule has 0 saturated carbocycles. The van der Waals surface area contributed by atoms with Crippen LogP contribution in [0, 0.1) is 0 Å². The fraction of sp³-hybridized carbons (Fsp3) is 0.375. The Labute approximate surface area is 124 Å². The van der Waals surface area contributed by atoms with Crippen LogP contribution in [0.2, 0.25) is 0 Å². The van der Waals surface area contributed by atoms with E-state index in [0.717, 1.165) is 36.1 Å². The van der Waals surface area contributed by atoms with E-state index in [2.05, 4.69) is 27.6 Å². The minimum Gasteiger partial charge on any atom is -0.388 e. The summed E-state index contributed by atoms with van der Waals surface area (Å²) in [6.45, 7) is 1.93. The Morgan fingerprint density at radius 2 is 2.19 bits per heavy atom. The molecule has 5 nitrogen and oxygen atoms in total. The monoisotopic (exact) mass is 284 g/mol. The lowest BCUT2D eigenvalue weighted by Crippen LogP contribution is -2.36. The number of benzene rings is 1. The summed E-state index contributed by atoms with van der Waals surface area (Å²) in [6, 6.07) is 9.87. The number of nitrogens with zero attached hydrogens (tertiary/aromatic N) is 2. The molecule has 5 heteroatoms. The molecule has 1 saturated heterocycles. The predicted molar refractivity (Wildman–Crippen MR) is 84.7 cm³/mol. The van der Waals surface area contributed by atoms with Gasteiger partial charge in [0.2, 0.25) is 0 Å². The molecule has 2 N–H and O–H groups in total. The topological polar surface area (TPSA) is 57.3 Å². The van der Waals surface area contributed by atoms with Crippen LogP contribution in [0.3, 0.4) is 0 Å². The van der Waals surface area contributed by atoms with Crippen molar-refractivity contribution in [3.63, 3.8) is 0 Å². The predicted octanol–water partition coefficient (Wildman–Crippen LogP) is 1.71. The third-order valence-corrected chi connectivity index (χ3v) is 3.94. The minimum absolute atomic E-state index is 0.0995. The zero-order chi connectivity index (χ0) is 14.8. The van der Waals surface area contributed by atoms with Crippen molar-refractivity contribution in [1.29, 1.82) is 0 Å². The number of pyridine rings is 1. The molecule has 1 aliphatic rings. The van der Waals surface area contributed by atoms with Crippen LogP contribution >= 0.6 is 0 Å². The standard InChI is InChI=1S/C16H20N4O/c1-17-14-9-15(19-13-6-4-3-5-12(13)14)16(21)18-11-7-8-20(2)10-11/h3-6,9,11H,7-8,10H2,1-2H3,(H,17,19)(H,18,21). The number of hydrogen-bond donors (Lipinski definition) is 2. The van der Waals surface area contributed by atoms with E-state index in [1.807, 2.05) is 37.4 Å². The van der Waals surface area contributed by atoms with Crippen molar-refractivity contribution in [1.82, 2.24) is 15.2 Å². The fourth-order valence-electron chi connectivity index (χ4n) is 2.81. The van der Waals surface area contributed by atoms with Crippen molar-refractivity contribution in [2.75, 3.05) is 32.5 Å². The van der Waals surface area contributed by atoms with Crippen molar-refractivity contribution in [2.45, 2.75) is 12.5 Å². The highest BCUT2D eigenvalue weighted by Gasteiger charge is 2.22. The maximum Gasteiger partial charge on any atom is 0.270 e. The third-order valence-electron chi connectivity index (χ3n) is 3.94. The van der Waals surface area contributed by atoms with Crippen molar-refractivity contribution in [2.24, 2.45) is 0 Å². The Balaban J connectivity index is 1.87. The Bertz CT molecular complexity index is 670. The summed E-state index contributed by atoms with van der Waals surface area (Å²) in [7, 11) is 3.93. The Morgan fingerprint density at radius 3 is 2.90 bits per heavy atom. The average molecular weight is 284 g/mol. The highest BCUT2D eigenvalue weighted by Crippen LogP contribution is 2.22. The first-order valence-corrected chi connectivity index (χ1v) is 7.24. The van der Waals surface area contributed by atoms with E-state index < -0.39 is 0 Å². The summed E-state index contributed by atoms with van der Waals surface area (Å²) >= 11 is 0. The van der Waals surface area contributed by atoms with Crippen LogP contribution in [-0.2, 0) is 0 Å². The van der Waals surface area contributed by atoms with Gasteiger partial charge in [0.15, 0.2) is 0 Å². The number of aromatic nitrogens is 1. The quantitative estimate of drug-likeness (QED) is 0.901. The summed E-state index contributed by atoms with van der Waals surface area (Å²) in [5, 5.41) is 7.23. The molecule has 1 atom stereocenters. The number of nitrogens with one attached hydrogen (secondary N) is 2. The number of likely N-dealkylation sites (tertiary alicyclic amines) is 1. The zero-order valence-corrected chi connectivity index (χ0v) is 12.4. The van der Waals surface area contributed by atoms with Crippen LogP contribution < -0.4 is 10.6 Å². The van der Waals surface area contributed by atoms with Gasteiger partial charge in [0.1, 0.15) is 5.69 Å². The van der Waals surface area contributed by atoms with Gasteiger partial charge < -0.3 is 15.5 Å². The lowest BCUT2D eigenvalue weighted by atomic mass is 10.1. The normalized spacial score (nSPS) is 18.9. The van der Waals surface area contributed by atoms with Crippen molar-refractivity contribution < 1.29 is 4.79 Å². The first-order chi connectivity index (χ1) is 10.2. The molecular formula is C16H20N4O. The lowest BCUT2D eigenvalue weighted by molar-refractivity contribution is 0.0934. The second-order valence-electron chi connectivity index (χ2n) is 5.54. The molecule has 3 rings (SSSR count). The molecule has 1 fully saturated rings. The number of rotatable bonds is 3. The van der Waals surface area contributed by atoms with Crippen LogP contribution in [0.5, 0.6) is 0 Å². The first-order valence-electron chi connectivity index (χ1n) is 7.24. The van der Waals surface area contributed by atoms with Crippen LogP contribution in [0.4, 0.5) is 5.69 Å². The van der Waals surface area contributed by atoms with Gasteiger partial charge in [-0.05, 0) is 32.1 Å². The first kappa shape index (κ1) is 13.8. The van der Waals surface area contributed by atoms with E-state index in [4.69, 9.17) is 0 Å². The molecular weight excluding hydrogens is 264 g/mol. The number of para-hydroxylation sites is 1. The number of carbonyl (C=O) groups is 1. The molecule has 0 spiro atoms. The maximum absolute atomic E-state index is 12.4. The van der Waals surface area contributed by atoms with Gasteiger partial charge in [0, 0.05) is 30.7 Å². The Hall–Kier alpha value is -2.14. The van der Waals surface area contributed by atoms with Gasteiger partial charge >= 0.3 is 0 Å². The van der Waals surface area contributed by atoms with Crippen LogP contribution in [0.25, 0.3) is 10.9 Å². The largest absolute Gasteiger partial charge is 0.388 e. The molecule has 1 aromatic carbocycles. The van der Waals surface area contributed by atoms with E-state index in [0.29, 0.717) is 5.69 Å². The van der Waals surface area contributed by atoms with Gasteiger partial charge in [-0.15, -0.1) is 0 Å². The molecule has 0 bridgehead atoms. The van der Waals surface area contributed by atoms with Crippen LogP contribution in [-0.4, -0.2) is 49.0 Å². The number of amides is 1. The van der Waals surface area contributed by atoms with Crippen LogP contribution in [0.15, 0.2) is 30.3 Å². The van der Waals surface area contributed by atoms with Gasteiger partial charge in [-0.3, -0.25) is 4.79 Å². The van der Waals surface area contributed by atoms with Crippen molar-refractivity contribution in [3.8, 4) is 0 Å². The highest BCUT2D eigenvalue weighted by atomic mass is 16.1. The highest BCUT2D eigenvalue weighted by molar-refractivity contribution is 5.99. The smallest absolute Gasteiger partial charge is 0.270 e. The van der Waals surface area contributed by atoms with Gasteiger partial charge in [-0.1, -0.05) is 18.2 Å². The summed E-state index contributed by atoms with van der Waals surface area (Å²) in [5.74, 6) is -0.0995.